The largest absolute Gasteiger partial charge is 0.443 e. The van der Waals surface area contributed by atoms with Gasteiger partial charge in [-0.2, -0.15) is 0 Å². The van der Waals surface area contributed by atoms with Gasteiger partial charge in [0.15, 0.2) is 17.5 Å². The molecule has 0 amide bonds. The summed E-state index contributed by atoms with van der Waals surface area (Å²) in [4.78, 5) is 20.5. The molecule has 0 aliphatic rings. The van der Waals surface area contributed by atoms with E-state index in [-0.39, 0.29) is 5.56 Å². The van der Waals surface area contributed by atoms with Crippen LogP contribution in [-0.4, -0.2) is 22.8 Å². The van der Waals surface area contributed by atoms with Gasteiger partial charge in [-0.3, -0.25) is 9.79 Å². The van der Waals surface area contributed by atoms with Crippen molar-refractivity contribution in [2.75, 3.05) is 7.05 Å². The Kier molecular flexibility index (Phi) is 3.93. The normalized spacial score (nSPS) is 12.6. The summed E-state index contributed by atoms with van der Waals surface area (Å²) in [5, 5.41) is 0.882. The van der Waals surface area contributed by atoms with Gasteiger partial charge in [-0.15, -0.1) is 0 Å². The number of aryl methyl sites for hydroxylation is 2. The minimum absolute atomic E-state index is 0.157. The third kappa shape index (κ3) is 2.38. The minimum Gasteiger partial charge on any atom is -0.443 e. The molecule has 5 nitrogen and oxygen atoms in total. The van der Waals surface area contributed by atoms with Crippen LogP contribution in [0.5, 0.6) is 0 Å². The summed E-state index contributed by atoms with van der Waals surface area (Å²) in [6.07, 6.45) is 5.01. The second-order valence-electron chi connectivity index (χ2n) is 5.82. The predicted octanol–water partition coefficient (Wildman–Crippen LogP) is 3.65. The van der Waals surface area contributed by atoms with Crippen molar-refractivity contribution in [2.45, 2.75) is 13.8 Å². The molecule has 5 heteroatoms. The average Bonchev–Trinajstić information content (AvgIpc) is 3.02. The van der Waals surface area contributed by atoms with Crippen molar-refractivity contribution in [1.82, 2.24) is 9.55 Å². The summed E-state index contributed by atoms with van der Waals surface area (Å²) >= 11 is 0. The van der Waals surface area contributed by atoms with Crippen molar-refractivity contribution in [2.24, 2.45) is 12.0 Å². The highest BCUT2D eigenvalue weighted by Crippen LogP contribution is 2.29. The number of fused-ring (bicyclic) bond motifs is 3. The van der Waals surface area contributed by atoms with E-state index >= 15 is 0 Å². The highest BCUT2D eigenvalue weighted by atomic mass is 16.3. The maximum absolute atomic E-state index is 12.5. The molecule has 0 bridgehead atoms. The number of allylic oxidation sites excluding steroid dienone is 3. The Morgan fingerprint density at radius 1 is 1.42 bits per heavy atom. The summed E-state index contributed by atoms with van der Waals surface area (Å²) in [6, 6.07) is 4.00. The summed E-state index contributed by atoms with van der Waals surface area (Å²) in [7, 11) is 3.48. The zero-order valence-electron chi connectivity index (χ0n) is 14.3. The maximum Gasteiger partial charge on any atom is 0.280 e. The second kappa shape index (κ2) is 5.92. The van der Waals surface area contributed by atoms with Gasteiger partial charge in [-0.05, 0) is 42.2 Å². The smallest absolute Gasteiger partial charge is 0.280 e. The Hall–Kier alpha value is -2.95. The Morgan fingerprint density at radius 3 is 2.88 bits per heavy atom. The van der Waals surface area contributed by atoms with Gasteiger partial charge in [-0.1, -0.05) is 18.7 Å². The van der Waals surface area contributed by atoms with E-state index in [1.165, 1.54) is 6.39 Å². The molecule has 3 rings (SSSR count). The van der Waals surface area contributed by atoms with Crippen LogP contribution in [0.3, 0.4) is 0 Å². The Labute approximate surface area is 139 Å². The number of aromatic nitrogens is 2. The van der Waals surface area contributed by atoms with Crippen LogP contribution in [0, 0.1) is 6.92 Å². The molecule has 2 heterocycles. The zero-order valence-corrected chi connectivity index (χ0v) is 14.3. The molecular formula is C19H19N3O2. The fraction of sp³-hybridized carbons (Fsp3) is 0.211. The van der Waals surface area contributed by atoms with Crippen molar-refractivity contribution >= 4 is 33.8 Å². The van der Waals surface area contributed by atoms with E-state index in [2.05, 4.69) is 16.6 Å². The van der Waals surface area contributed by atoms with Crippen LogP contribution < -0.4 is 5.56 Å². The number of pyridine rings is 1. The van der Waals surface area contributed by atoms with Crippen molar-refractivity contribution in [3.05, 3.63) is 58.2 Å². The molecule has 24 heavy (non-hydrogen) atoms. The SMILES string of the molecule is C=C(C=NC)/C=C(\C)c1ccc2c3ocnc3c(=O)n(C)c2c1C. The lowest BCUT2D eigenvalue weighted by Gasteiger charge is -2.13. The van der Waals surface area contributed by atoms with Crippen molar-refractivity contribution in [1.29, 1.82) is 0 Å². The van der Waals surface area contributed by atoms with Crippen molar-refractivity contribution in [3.8, 4) is 0 Å². The third-order valence-corrected chi connectivity index (χ3v) is 4.21. The Bertz CT molecular complexity index is 1080. The van der Waals surface area contributed by atoms with E-state index in [0.29, 0.717) is 11.1 Å². The number of rotatable bonds is 3. The van der Waals surface area contributed by atoms with Crippen molar-refractivity contribution in [3.63, 3.8) is 0 Å². The first-order valence-corrected chi connectivity index (χ1v) is 7.61. The van der Waals surface area contributed by atoms with Crippen LogP contribution in [0.1, 0.15) is 18.1 Å². The topological polar surface area (TPSA) is 60.4 Å². The van der Waals surface area contributed by atoms with Crippen LogP contribution in [0.25, 0.3) is 27.6 Å². The van der Waals surface area contributed by atoms with Crippen LogP contribution in [0.4, 0.5) is 0 Å². The van der Waals surface area contributed by atoms with Crippen LogP contribution in [0.2, 0.25) is 0 Å². The van der Waals surface area contributed by atoms with Gasteiger partial charge < -0.3 is 8.98 Å². The molecule has 0 unspecified atom stereocenters. The fourth-order valence-corrected chi connectivity index (χ4v) is 3.15. The molecule has 0 saturated heterocycles. The van der Waals surface area contributed by atoms with E-state index in [4.69, 9.17) is 4.42 Å². The minimum atomic E-state index is -0.157. The molecule has 0 fully saturated rings. The zero-order chi connectivity index (χ0) is 17.4. The summed E-state index contributed by atoms with van der Waals surface area (Å²) in [5.41, 5.74) is 5.55. The first-order chi connectivity index (χ1) is 11.5. The van der Waals surface area contributed by atoms with Gasteiger partial charge in [-0.25, -0.2) is 4.98 Å². The fourth-order valence-electron chi connectivity index (χ4n) is 3.15. The first-order valence-electron chi connectivity index (χ1n) is 7.61. The van der Waals surface area contributed by atoms with Gasteiger partial charge in [0.25, 0.3) is 5.56 Å². The lowest BCUT2D eigenvalue weighted by molar-refractivity contribution is 0.605. The highest BCUT2D eigenvalue weighted by Gasteiger charge is 2.16. The summed E-state index contributed by atoms with van der Waals surface area (Å²) < 4.78 is 7.08. The van der Waals surface area contributed by atoms with Gasteiger partial charge >= 0.3 is 0 Å². The highest BCUT2D eigenvalue weighted by molar-refractivity contribution is 6.03. The molecule has 3 aromatic rings. The van der Waals surface area contributed by atoms with E-state index in [0.717, 1.165) is 33.2 Å². The van der Waals surface area contributed by atoms with Gasteiger partial charge in [0.1, 0.15) is 0 Å². The van der Waals surface area contributed by atoms with E-state index in [1.807, 2.05) is 32.1 Å². The molecular weight excluding hydrogens is 302 g/mol. The average molecular weight is 321 g/mol. The van der Waals surface area contributed by atoms with Gasteiger partial charge in [0.05, 0.1) is 5.52 Å². The quantitative estimate of drug-likeness (QED) is 0.546. The molecule has 122 valence electrons. The van der Waals surface area contributed by atoms with E-state index in [9.17, 15) is 4.79 Å². The molecule has 0 atom stereocenters. The Morgan fingerprint density at radius 2 is 2.17 bits per heavy atom. The van der Waals surface area contributed by atoms with Crippen LogP contribution >= 0.6 is 0 Å². The van der Waals surface area contributed by atoms with Gasteiger partial charge in [0, 0.05) is 25.7 Å². The molecule has 1 aromatic carbocycles. The molecule has 2 aromatic heterocycles. The Balaban J connectivity index is 2.33. The molecule has 0 aliphatic heterocycles. The number of oxazole rings is 1. The number of benzene rings is 1. The summed E-state index contributed by atoms with van der Waals surface area (Å²) in [6.45, 7) is 7.99. The van der Waals surface area contributed by atoms with Crippen LogP contribution in [-0.2, 0) is 7.05 Å². The third-order valence-electron chi connectivity index (χ3n) is 4.21. The summed E-state index contributed by atoms with van der Waals surface area (Å²) in [5.74, 6) is 0. The monoisotopic (exact) mass is 321 g/mol. The molecule has 0 aliphatic carbocycles. The molecule has 0 radical (unpaired) electrons. The first kappa shape index (κ1) is 15.9. The van der Waals surface area contributed by atoms with Gasteiger partial charge in [0.2, 0.25) is 0 Å². The van der Waals surface area contributed by atoms with Crippen molar-refractivity contribution < 1.29 is 4.42 Å². The van der Waals surface area contributed by atoms with E-state index in [1.54, 1.807) is 24.9 Å². The second-order valence-corrected chi connectivity index (χ2v) is 5.82. The van der Waals surface area contributed by atoms with Crippen LogP contribution in [0.15, 0.2) is 51.0 Å². The molecule has 0 spiro atoms. The number of aliphatic imine (C=N–C) groups is 1. The number of nitrogens with zero attached hydrogens (tertiary/aromatic N) is 3. The number of hydrogen-bond donors (Lipinski definition) is 0. The van der Waals surface area contributed by atoms with E-state index < -0.39 is 0 Å². The molecule has 0 N–H and O–H groups in total. The maximum atomic E-state index is 12.5. The lowest BCUT2D eigenvalue weighted by Crippen LogP contribution is -2.18. The molecule has 0 saturated carbocycles. The number of hydrogen-bond acceptors (Lipinski definition) is 4. The lowest BCUT2D eigenvalue weighted by atomic mass is 9.97. The predicted molar refractivity (Wildman–Crippen MR) is 98.7 cm³/mol. The standard InChI is InChI=1S/C19H19N3O2/c1-11(9-20-4)8-12(2)14-6-7-15-17(13(14)3)22(5)19(23)16-18(15)24-10-21-16/h6-10H,1H2,2-5H3/b12-8+,20-9?.